The Morgan fingerprint density at radius 3 is 1.51 bits per heavy atom. The van der Waals surface area contributed by atoms with Crippen LogP contribution in [0.4, 0.5) is 21.0 Å². The Bertz CT molecular complexity index is 1050. The van der Waals surface area contributed by atoms with E-state index in [0.29, 0.717) is 35.1 Å². The van der Waals surface area contributed by atoms with Crippen molar-refractivity contribution < 1.29 is 19.1 Å². The van der Waals surface area contributed by atoms with Gasteiger partial charge in [-0.1, -0.05) is 48.6 Å². The lowest BCUT2D eigenvalue weighted by molar-refractivity contribution is 0.162. The van der Waals surface area contributed by atoms with E-state index in [4.69, 9.17) is 9.47 Å². The van der Waals surface area contributed by atoms with Gasteiger partial charge in [0.2, 0.25) is 0 Å². The first kappa shape index (κ1) is 29.8. The highest BCUT2D eigenvalue weighted by Gasteiger charge is 2.18. The summed E-state index contributed by atoms with van der Waals surface area (Å²) in [5.41, 5.74) is 6.09. The molecule has 4 rings (SSSR count). The second-order valence-corrected chi connectivity index (χ2v) is 14.1. The van der Waals surface area contributed by atoms with E-state index in [1.54, 1.807) is 23.5 Å². The SMILES string of the molecule is C=C1CSCC(COC(=O)Nc2ccc(Cc3ccc(NC(=O)OCC4CSCC(=C)CS4)cc3)cc2)SC1. The first-order valence-electron chi connectivity index (χ1n) is 12.7. The van der Waals surface area contributed by atoms with Crippen LogP contribution in [0.25, 0.3) is 0 Å². The molecular weight excluding hydrogens is 569 g/mol. The Morgan fingerprint density at radius 2 is 1.10 bits per heavy atom. The van der Waals surface area contributed by atoms with Crippen molar-refractivity contribution in [3.05, 3.63) is 84.0 Å². The van der Waals surface area contributed by atoms with Crippen molar-refractivity contribution in [2.75, 3.05) is 58.4 Å². The summed E-state index contributed by atoms with van der Waals surface area (Å²) in [7, 11) is 0. The van der Waals surface area contributed by atoms with Crippen LogP contribution in [0.3, 0.4) is 0 Å². The molecule has 2 N–H and O–H groups in total. The number of ether oxygens (including phenoxy) is 2. The molecule has 0 saturated carbocycles. The van der Waals surface area contributed by atoms with Gasteiger partial charge >= 0.3 is 12.2 Å². The predicted molar refractivity (Wildman–Crippen MR) is 171 cm³/mol. The molecule has 6 nitrogen and oxygen atoms in total. The average molecular weight is 603 g/mol. The van der Waals surface area contributed by atoms with Crippen LogP contribution in [-0.4, -0.2) is 70.4 Å². The normalized spacial score (nSPS) is 19.9. The maximum Gasteiger partial charge on any atom is 0.411 e. The maximum atomic E-state index is 12.2. The zero-order valence-electron chi connectivity index (χ0n) is 21.8. The summed E-state index contributed by atoms with van der Waals surface area (Å²) in [6.45, 7) is 8.88. The standard InChI is InChI=1S/C29H34N2O4S4/c1-20-14-36-18-26(38-16-20)12-34-28(32)30-24-7-3-22(4-8-24)11-23-5-9-25(10-6-23)31-29(33)35-13-27-19-37-15-21(2)17-39-27/h3-10,26-27H,1-2,11-19H2,(H,30,32)(H,31,33). The molecule has 0 aliphatic carbocycles. The molecule has 10 heteroatoms. The van der Waals surface area contributed by atoms with E-state index in [0.717, 1.165) is 52.1 Å². The number of carbonyl (C=O) groups is 2. The van der Waals surface area contributed by atoms with Crippen molar-refractivity contribution in [1.29, 1.82) is 0 Å². The van der Waals surface area contributed by atoms with Crippen LogP contribution in [0.1, 0.15) is 11.1 Å². The summed E-state index contributed by atoms with van der Waals surface area (Å²) < 4.78 is 10.9. The van der Waals surface area contributed by atoms with Gasteiger partial charge in [0, 0.05) is 56.4 Å². The summed E-state index contributed by atoms with van der Waals surface area (Å²) in [4.78, 5) is 24.5. The molecule has 2 aliphatic rings. The maximum absolute atomic E-state index is 12.2. The fourth-order valence-corrected chi connectivity index (χ4v) is 8.62. The summed E-state index contributed by atoms with van der Waals surface area (Å²) in [5.74, 6) is 5.73. The van der Waals surface area contributed by atoms with Gasteiger partial charge in [0.25, 0.3) is 0 Å². The highest BCUT2D eigenvalue weighted by molar-refractivity contribution is 8.04. The van der Waals surface area contributed by atoms with Crippen LogP contribution in [0.2, 0.25) is 0 Å². The Hall–Kier alpha value is -2.14. The second-order valence-electron chi connectivity index (χ2n) is 9.41. The summed E-state index contributed by atoms with van der Waals surface area (Å²) in [6, 6.07) is 15.5. The van der Waals surface area contributed by atoms with Gasteiger partial charge in [-0.2, -0.15) is 23.5 Å². The molecule has 0 spiro atoms. The van der Waals surface area contributed by atoms with Gasteiger partial charge in [-0.25, -0.2) is 9.59 Å². The highest BCUT2D eigenvalue weighted by Crippen LogP contribution is 2.27. The van der Waals surface area contributed by atoms with Crippen LogP contribution in [0.5, 0.6) is 0 Å². The van der Waals surface area contributed by atoms with Gasteiger partial charge in [0.15, 0.2) is 0 Å². The zero-order valence-corrected chi connectivity index (χ0v) is 25.1. The third-order valence-electron chi connectivity index (χ3n) is 5.88. The molecule has 0 radical (unpaired) electrons. The van der Waals surface area contributed by atoms with Crippen molar-refractivity contribution in [2.24, 2.45) is 0 Å². The topological polar surface area (TPSA) is 76.7 Å². The molecule has 2 unspecified atom stereocenters. The quantitative estimate of drug-likeness (QED) is 0.308. The van der Waals surface area contributed by atoms with E-state index in [1.807, 2.05) is 72.1 Å². The molecule has 208 valence electrons. The van der Waals surface area contributed by atoms with Gasteiger partial charge in [-0.05, 0) is 41.8 Å². The van der Waals surface area contributed by atoms with Gasteiger partial charge in [-0.15, -0.1) is 23.5 Å². The Balaban J connectivity index is 1.16. The van der Waals surface area contributed by atoms with Crippen molar-refractivity contribution in [3.63, 3.8) is 0 Å². The lowest BCUT2D eigenvalue weighted by Gasteiger charge is -2.14. The largest absolute Gasteiger partial charge is 0.448 e. The molecule has 2 atom stereocenters. The number of hydrogen-bond acceptors (Lipinski definition) is 8. The minimum atomic E-state index is -0.434. The number of amides is 2. The monoisotopic (exact) mass is 602 g/mol. The fourth-order valence-electron chi connectivity index (χ4n) is 3.81. The Kier molecular flexibility index (Phi) is 11.9. The van der Waals surface area contributed by atoms with Crippen LogP contribution in [0, 0.1) is 0 Å². The molecule has 2 aliphatic heterocycles. The van der Waals surface area contributed by atoms with Crippen LogP contribution in [0.15, 0.2) is 72.8 Å². The lowest BCUT2D eigenvalue weighted by atomic mass is 10.0. The molecule has 2 aromatic rings. The molecule has 39 heavy (non-hydrogen) atoms. The third kappa shape index (κ3) is 10.7. The van der Waals surface area contributed by atoms with Crippen LogP contribution in [-0.2, 0) is 15.9 Å². The van der Waals surface area contributed by atoms with Gasteiger partial charge in [0.1, 0.15) is 13.2 Å². The van der Waals surface area contributed by atoms with E-state index >= 15 is 0 Å². The molecular formula is C29H34N2O4S4. The number of carbonyl (C=O) groups excluding carboxylic acids is 2. The van der Waals surface area contributed by atoms with Gasteiger partial charge in [-0.3, -0.25) is 10.6 Å². The summed E-state index contributed by atoms with van der Waals surface area (Å²) in [6.07, 6.45) is -0.134. The molecule has 2 aromatic carbocycles. The van der Waals surface area contributed by atoms with Gasteiger partial charge < -0.3 is 9.47 Å². The number of rotatable bonds is 8. The van der Waals surface area contributed by atoms with E-state index in [9.17, 15) is 9.59 Å². The van der Waals surface area contributed by atoms with Crippen LogP contribution >= 0.6 is 47.0 Å². The number of thioether (sulfide) groups is 4. The first-order valence-corrected chi connectivity index (χ1v) is 17.1. The fraction of sp³-hybridized carbons (Fsp3) is 0.379. The van der Waals surface area contributed by atoms with Crippen molar-refractivity contribution in [2.45, 2.75) is 16.9 Å². The molecule has 2 heterocycles. The summed E-state index contributed by atoms with van der Waals surface area (Å²) in [5, 5.41) is 6.20. The minimum Gasteiger partial charge on any atom is -0.448 e. The molecule has 2 saturated heterocycles. The van der Waals surface area contributed by atoms with Crippen molar-refractivity contribution >= 4 is 70.6 Å². The van der Waals surface area contributed by atoms with Crippen molar-refractivity contribution in [1.82, 2.24) is 0 Å². The lowest BCUT2D eigenvalue weighted by Crippen LogP contribution is -2.21. The number of nitrogens with one attached hydrogen (secondary N) is 2. The number of anilines is 2. The van der Waals surface area contributed by atoms with E-state index in [-0.39, 0.29) is 0 Å². The smallest absolute Gasteiger partial charge is 0.411 e. The zero-order chi connectivity index (χ0) is 27.5. The van der Waals surface area contributed by atoms with E-state index in [1.165, 1.54) is 11.1 Å². The molecule has 0 bridgehead atoms. The Labute approximate surface area is 247 Å². The van der Waals surface area contributed by atoms with Gasteiger partial charge in [0.05, 0.1) is 0 Å². The van der Waals surface area contributed by atoms with Crippen LogP contribution < -0.4 is 10.6 Å². The third-order valence-corrected chi connectivity index (χ3v) is 11.5. The highest BCUT2D eigenvalue weighted by atomic mass is 32.2. The van der Waals surface area contributed by atoms with Crippen molar-refractivity contribution in [3.8, 4) is 0 Å². The predicted octanol–water partition coefficient (Wildman–Crippen LogP) is 7.18. The second kappa shape index (κ2) is 15.6. The Morgan fingerprint density at radius 1 is 0.692 bits per heavy atom. The van der Waals surface area contributed by atoms with E-state index < -0.39 is 12.2 Å². The molecule has 2 fully saturated rings. The summed E-state index contributed by atoms with van der Waals surface area (Å²) >= 11 is 7.28. The molecule has 0 aromatic heterocycles. The van der Waals surface area contributed by atoms with E-state index in [2.05, 4.69) is 23.8 Å². The number of hydrogen-bond donors (Lipinski definition) is 2. The molecule has 2 amide bonds. The number of benzene rings is 2. The minimum absolute atomic E-state index is 0.292. The first-order chi connectivity index (χ1) is 18.9. The average Bonchev–Trinajstić information content (AvgIpc) is 3.27.